The van der Waals surface area contributed by atoms with Crippen molar-refractivity contribution in [3.63, 3.8) is 0 Å². The maximum absolute atomic E-state index is 13.1. The van der Waals surface area contributed by atoms with Crippen LogP contribution in [0.2, 0.25) is 0 Å². The molecule has 0 spiro atoms. The summed E-state index contributed by atoms with van der Waals surface area (Å²) in [5, 5.41) is 0.530. The van der Waals surface area contributed by atoms with Gasteiger partial charge in [-0.3, -0.25) is 9.69 Å². The van der Waals surface area contributed by atoms with Crippen molar-refractivity contribution < 1.29 is 26.3 Å². The first-order chi connectivity index (χ1) is 14.5. The summed E-state index contributed by atoms with van der Waals surface area (Å²) < 4.78 is 78.4. The average Bonchev–Trinajstić information content (AvgIpc) is 2.70. The fraction of sp³-hybridized carbons (Fsp3) is 0.474. The van der Waals surface area contributed by atoms with Crippen LogP contribution in [0.5, 0.6) is 0 Å². The number of aromatic nitrogens is 2. The van der Waals surface area contributed by atoms with Gasteiger partial charge in [-0.1, -0.05) is 11.8 Å². The highest BCUT2D eigenvalue weighted by molar-refractivity contribution is 7.99. The van der Waals surface area contributed by atoms with E-state index in [1.165, 1.54) is 24.0 Å². The van der Waals surface area contributed by atoms with Gasteiger partial charge in [0.2, 0.25) is 0 Å². The van der Waals surface area contributed by atoms with Gasteiger partial charge >= 0.3 is 12.4 Å². The van der Waals surface area contributed by atoms with Crippen LogP contribution >= 0.6 is 11.8 Å². The summed E-state index contributed by atoms with van der Waals surface area (Å²) in [6.07, 6.45) is -7.48. The van der Waals surface area contributed by atoms with Crippen LogP contribution < -0.4 is 10.5 Å². The molecule has 5 nitrogen and oxygen atoms in total. The zero-order valence-corrected chi connectivity index (χ0v) is 17.1. The van der Waals surface area contributed by atoms with Gasteiger partial charge in [0, 0.05) is 49.9 Å². The molecule has 170 valence electrons. The van der Waals surface area contributed by atoms with E-state index in [1.807, 2.05) is 0 Å². The number of benzene rings is 1. The summed E-state index contributed by atoms with van der Waals surface area (Å²) in [5.74, 6) is 0.718. The van der Waals surface area contributed by atoms with Crippen LogP contribution in [0.15, 0.2) is 40.4 Å². The van der Waals surface area contributed by atoms with Crippen molar-refractivity contribution in [2.24, 2.45) is 0 Å². The SMILES string of the molecule is O=c1ccnc(SCCCN2CCN(c3cc(C(F)(F)F)cc(C(F)(F)F)c3)CC2)[nH]1. The molecule has 1 N–H and O–H groups in total. The lowest BCUT2D eigenvalue weighted by atomic mass is 10.1. The van der Waals surface area contributed by atoms with Crippen molar-refractivity contribution in [1.29, 1.82) is 0 Å². The fourth-order valence-electron chi connectivity index (χ4n) is 3.23. The van der Waals surface area contributed by atoms with Crippen molar-refractivity contribution in [3.05, 3.63) is 51.9 Å². The quantitative estimate of drug-likeness (QED) is 0.301. The first-order valence-electron chi connectivity index (χ1n) is 9.47. The molecule has 0 atom stereocenters. The number of alkyl halides is 6. The Balaban J connectivity index is 1.54. The number of anilines is 1. The molecule has 0 amide bonds. The van der Waals surface area contributed by atoms with E-state index in [4.69, 9.17) is 0 Å². The molecule has 1 saturated heterocycles. The third kappa shape index (κ3) is 6.63. The van der Waals surface area contributed by atoms with E-state index in [0.29, 0.717) is 31.3 Å². The van der Waals surface area contributed by atoms with Gasteiger partial charge in [0.15, 0.2) is 5.16 Å². The Kier molecular flexibility index (Phi) is 7.20. The van der Waals surface area contributed by atoms with E-state index in [2.05, 4.69) is 14.9 Å². The minimum Gasteiger partial charge on any atom is -0.369 e. The number of halogens is 6. The van der Waals surface area contributed by atoms with E-state index in [1.54, 1.807) is 4.90 Å². The van der Waals surface area contributed by atoms with E-state index in [0.717, 1.165) is 30.9 Å². The predicted molar refractivity (Wildman–Crippen MR) is 105 cm³/mol. The Morgan fingerprint density at radius 1 is 0.968 bits per heavy atom. The van der Waals surface area contributed by atoms with Gasteiger partial charge in [0.25, 0.3) is 5.56 Å². The lowest BCUT2D eigenvalue weighted by molar-refractivity contribution is -0.143. The first kappa shape index (κ1) is 23.5. The average molecular weight is 466 g/mol. The van der Waals surface area contributed by atoms with Crippen LogP contribution in [0.25, 0.3) is 0 Å². The number of piperazine rings is 1. The Morgan fingerprint density at radius 3 is 2.13 bits per heavy atom. The van der Waals surface area contributed by atoms with Crippen LogP contribution in [0, 0.1) is 0 Å². The molecule has 3 rings (SSSR count). The topological polar surface area (TPSA) is 52.2 Å². The van der Waals surface area contributed by atoms with Gasteiger partial charge in [-0.25, -0.2) is 4.98 Å². The van der Waals surface area contributed by atoms with Crippen molar-refractivity contribution in [1.82, 2.24) is 14.9 Å². The van der Waals surface area contributed by atoms with E-state index >= 15 is 0 Å². The molecule has 0 radical (unpaired) electrons. The van der Waals surface area contributed by atoms with Crippen LogP contribution in [-0.4, -0.2) is 53.3 Å². The summed E-state index contributed by atoms with van der Waals surface area (Å²) in [4.78, 5) is 21.5. The minimum absolute atomic E-state index is 0.0727. The second-order valence-corrected chi connectivity index (χ2v) is 8.12. The predicted octanol–water partition coefficient (Wildman–Crippen LogP) is 4.11. The molecule has 0 unspecified atom stereocenters. The van der Waals surface area contributed by atoms with Gasteiger partial charge in [0.1, 0.15) is 0 Å². The number of hydrogen-bond acceptors (Lipinski definition) is 5. The summed E-state index contributed by atoms with van der Waals surface area (Å²) in [6, 6.07) is 3.02. The summed E-state index contributed by atoms with van der Waals surface area (Å²) >= 11 is 1.41. The number of nitrogens with zero attached hydrogens (tertiary/aromatic N) is 3. The molecule has 12 heteroatoms. The normalized spacial score (nSPS) is 16.0. The van der Waals surface area contributed by atoms with Gasteiger partial charge in [0.05, 0.1) is 11.1 Å². The number of nitrogens with one attached hydrogen (secondary N) is 1. The van der Waals surface area contributed by atoms with Crippen molar-refractivity contribution in [2.45, 2.75) is 23.9 Å². The molecule has 1 aliphatic heterocycles. The van der Waals surface area contributed by atoms with Crippen LogP contribution in [0.4, 0.5) is 32.0 Å². The molecule has 0 saturated carbocycles. The van der Waals surface area contributed by atoms with Gasteiger partial charge < -0.3 is 9.88 Å². The summed E-state index contributed by atoms with van der Waals surface area (Å²) in [6.45, 7) is 2.46. The van der Waals surface area contributed by atoms with E-state index in [-0.39, 0.29) is 17.3 Å². The van der Waals surface area contributed by atoms with Crippen LogP contribution in [-0.2, 0) is 12.4 Å². The smallest absolute Gasteiger partial charge is 0.369 e. The second kappa shape index (κ2) is 9.51. The zero-order valence-electron chi connectivity index (χ0n) is 16.3. The lowest BCUT2D eigenvalue weighted by Gasteiger charge is -2.36. The zero-order chi connectivity index (χ0) is 22.6. The first-order valence-corrected chi connectivity index (χ1v) is 10.5. The molecule has 2 heterocycles. The highest BCUT2D eigenvalue weighted by atomic mass is 32.2. The third-order valence-corrected chi connectivity index (χ3v) is 5.79. The van der Waals surface area contributed by atoms with Gasteiger partial charge in [-0.2, -0.15) is 26.3 Å². The monoisotopic (exact) mass is 466 g/mol. The third-order valence-electron chi connectivity index (χ3n) is 4.82. The molecule has 1 aromatic carbocycles. The molecular weight excluding hydrogens is 446 g/mol. The Bertz CT molecular complexity index is 906. The molecular formula is C19H20F6N4OS. The van der Waals surface area contributed by atoms with E-state index < -0.39 is 23.5 Å². The molecule has 31 heavy (non-hydrogen) atoms. The van der Waals surface area contributed by atoms with Crippen LogP contribution in [0.3, 0.4) is 0 Å². The number of rotatable bonds is 6. The molecule has 2 aromatic rings. The van der Waals surface area contributed by atoms with E-state index in [9.17, 15) is 31.1 Å². The molecule has 1 aromatic heterocycles. The molecule has 1 fully saturated rings. The maximum Gasteiger partial charge on any atom is 0.416 e. The highest BCUT2D eigenvalue weighted by Gasteiger charge is 2.37. The number of H-pyrrole nitrogens is 1. The van der Waals surface area contributed by atoms with Crippen molar-refractivity contribution in [2.75, 3.05) is 43.4 Å². The number of aromatic amines is 1. The largest absolute Gasteiger partial charge is 0.416 e. The standard InChI is InChI=1S/C19H20F6N4OS/c20-18(21,22)13-10-14(19(23,24)25)12-15(11-13)29-7-5-28(6-8-29)4-1-9-31-17-26-3-2-16(30)27-17/h2-3,10-12H,1,4-9H2,(H,26,27,30). The summed E-state index contributed by atoms with van der Waals surface area (Å²) in [5.41, 5.74) is -2.90. The molecule has 1 aliphatic rings. The molecule has 0 aliphatic carbocycles. The highest BCUT2D eigenvalue weighted by Crippen LogP contribution is 2.38. The molecule has 0 bridgehead atoms. The minimum atomic E-state index is -4.85. The van der Waals surface area contributed by atoms with Gasteiger partial charge in [-0.05, 0) is 31.2 Å². The van der Waals surface area contributed by atoms with Crippen molar-refractivity contribution >= 4 is 17.4 Å². The number of hydrogen-bond donors (Lipinski definition) is 1. The Labute approximate surface area is 178 Å². The number of thioether (sulfide) groups is 1. The Hall–Kier alpha value is -2.21. The summed E-state index contributed by atoms with van der Waals surface area (Å²) in [7, 11) is 0. The lowest BCUT2D eigenvalue weighted by Crippen LogP contribution is -2.46. The second-order valence-electron chi connectivity index (χ2n) is 7.03. The maximum atomic E-state index is 13.1. The van der Waals surface area contributed by atoms with Crippen LogP contribution in [0.1, 0.15) is 17.5 Å². The Morgan fingerprint density at radius 2 is 1.58 bits per heavy atom. The fourth-order valence-corrected chi connectivity index (χ4v) is 4.01. The van der Waals surface area contributed by atoms with Crippen molar-refractivity contribution in [3.8, 4) is 0 Å². The van der Waals surface area contributed by atoms with Gasteiger partial charge in [-0.15, -0.1) is 0 Å².